The van der Waals surface area contributed by atoms with Gasteiger partial charge in [-0.25, -0.2) is 0 Å². The quantitative estimate of drug-likeness (QED) is 0.453. The summed E-state index contributed by atoms with van der Waals surface area (Å²) in [5.74, 6) is 0.720. The molecule has 2 heteroatoms. The zero-order chi connectivity index (χ0) is 9.40. The lowest BCUT2D eigenvalue weighted by Crippen LogP contribution is -2.38. The Morgan fingerprint density at radius 1 is 1.17 bits per heavy atom. The fourth-order valence-electron chi connectivity index (χ4n) is 0.859. The van der Waals surface area contributed by atoms with Gasteiger partial charge in [-0.2, -0.15) is 0 Å². The molecule has 0 amide bonds. The molecule has 74 valence electrons. The van der Waals surface area contributed by atoms with Crippen LogP contribution in [0.2, 0.25) is 0 Å². The molecule has 0 heterocycles. The predicted molar refractivity (Wildman–Crippen MR) is 55.2 cm³/mol. The van der Waals surface area contributed by atoms with Gasteiger partial charge < -0.3 is 10.6 Å². The molecule has 0 saturated heterocycles. The smallest absolute Gasteiger partial charge is 0.0456 e. The van der Waals surface area contributed by atoms with Crippen LogP contribution >= 0.6 is 0 Å². The number of hydrogen-bond acceptors (Lipinski definition) is 2. The summed E-state index contributed by atoms with van der Waals surface area (Å²) < 4.78 is 0. The van der Waals surface area contributed by atoms with E-state index in [9.17, 15) is 0 Å². The van der Waals surface area contributed by atoms with Gasteiger partial charge in [0.05, 0.1) is 0 Å². The van der Waals surface area contributed by atoms with Crippen LogP contribution in [-0.4, -0.2) is 19.3 Å². The Kier molecular flexibility index (Phi) is 7.51. The lowest BCUT2D eigenvalue weighted by atomic mass is 10.1. The molecule has 0 aromatic heterocycles. The molecule has 12 heavy (non-hydrogen) atoms. The minimum absolute atomic E-state index is 0.610. The molecule has 0 aliphatic heterocycles. The molecular weight excluding hydrogens is 148 g/mol. The van der Waals surface area contributed by atoms with E-state index in [-0.39, 0.29) is 0 Å². The molecule has 2 nitrogen and oxygen atoms in total. The highest BCUT2D eigenvalue weighted by molar-refractivity contribution is 4.62. The van der Waals surface area contributed by atoms with Crippen LogP contribution in [0.3, 0.4) is 0 Å². The molecule has 2 N–H and O–H groups in total. The normalized spacial score (nSPS) is 13.8. The summed E-state index contributed by atoms with van der Waals surface area (Å²) in [7, 11) is 0. The van der Waals surface area contributed by atoms with E-state index < -0.39 is 0 Å². The maximum Gasteiger partial charge on any atom is 0.0456 e. The van der Waals surface area contributed by atoms with Crippen molar-refractivity contribution in [2.24, 2.45) is 5.92 Å². The highest BCUT2D eigenvalue weighted by Crippen LogP contribution is 1.97. The van der Waals surface area contributed by atoms with Crippen LogP contribution in [0.1, 0.15) is 40.5 Å². The third-order valence-corrected chi connectivity index (χ3v) is 2.26. The van der Waals surface area contributed by atoms with Crippen molar-refractivity contribution < 1.29 is 0 Å². The number of nitrogens with one attached hydrogen (secondary N) is 2. The van der Waals surface area contributed by atoms with Crippen LogP contribution in [0.25, 0.3) is 0 Å². The van der Waals surface area contributed by atoms with E-state index in [2.05, 4.69) is 38.3 Å². The third-order valence-electron chi connectivity index (χ3n) is 2.26. The van der Waals surface area contributed by atoms with Crippen LogP contribution in [0.15, 0.2) is 0 Å². The first kappa shape index (κ1) is 11.9. The molecule has 0 aromatic rings. The number of unbranched alkanes of at least 4 members (excludes halogenated alkanes) is 1. The molecule has 0 fully saturated rings. The van der Waals surface area contributed by atoms with Crippen molar-refractivity contribution in [2.45, 2.75) is 46.6 Å². The van der Waals surface area contributed by atoms with Crippen molar-refractivity contribution in [1.29, 1.82) is 0 Å². The monoisotopic (exact) mass is 172 g/mol. The summed E-state index contributed by atoms with van der Waals surface area (Å²) >= 11 is 0. The first-order valence-corrected chi connectivity index (χ1v) is 5.12. The molecule has 0 rings (SSSR count). The van der Waals surface area contributed by atoms with Gasteiger partial charge in [-0.05, 0) is 25.8 Å². The molecule has 0 saturated carbocycles. The summed E-state index contributed by atoms with van der Waals surface area (Å²) in [6.45, 7) is 11.0. The van der Waals surface area contributed by atoms with E-state index in [1.54, 1.807) is 0 Å². The maximum atomic E-state index is 3.43. The molecule has 0 aliphatic rings. The standard InChI is InChI=1S/C10H24N2/c1-5-6-7-11-8-12-10(4)9(2)3/h9-12H,5-8H2,1-4H3. The van der Waals surface area contributed by atoms with E-state index in [1.807, 2.05) is 0 Å². The van der Waals surface area contributed by atoms with E-state index in [0.29, 0.717) is 6.04 Å². The summed E-state index contributed by atoms with van der Waals surface area (Å²) in [6.07, 6.45) is 2.55. The highest BCUT2D eigenvalue weighted by atomic mass is 15.1. The van der Waals surface area contributed by atoms with Gasteiger partial charge >= 0.3 is 0 Å². The average molecular weight is 172 g/mol. The van der Waals surface area contributed by atoms with Gasteiger partial charge in [-0.15, -0.1) is 0 Å². The fraction of sp³-hybridized carbons (Fsp3) is 1.00. The Hall–Kier alpha value is -0.0800. The summed E-state index contributed by atoms with van der Waals surface area (Å²) in [4.78, 5) is 0. The van der Waals surface area contributed by atoms with Crippen LogP contribution in [0.5, 0.6) is 0 Å². The Morgan fingerprint density at radius 3 is 2.33 bits per heavy atom. The van der Waals surface area contributed by atoms with Crippen molar-refractivity contribution in [1.82, 2.24) is 10.6 Å². The second-order valence-electron chi connectivity index (χ2n) is 3.77. The predicted octanol–water partition coefficient (Wildman–Crippen LogP) is 1.97. The Labute approximate surface area is 77.1 Å². The number of hydrogen-bond donors (Lipinski definition) is 2. The third kappa shape index (κ3) is 6.62. The molecule has 0 radical (unpaired) electrons. The Balaban J connectivity index is 3.08. The fourth-order valence-corrected chi connectivity index (χ4v) is 0.859. The summed E-state index contributed by atoms with van der Waals surface area (Å²) in [5.41, 5.74) is 0. The minimum atomic E-state index is 0.610. The van der Waals surface area contributed by atoms with Crippen molar-refractivity contribution in [3.05, 3.63) is 0 Å². The zero-order valence-corrected chi connectivity index (χ0v) is 8.98. The van der Waals surface area contributed by atoms with E-state index in [0.717, 1.165) is 19.1 Å². The highest BCUT2D eigenvalue weighted by Gasteiger charge is 2.03. The second-order valence-corrected chi connectivity index (χ2v) is 3.77. The lowest BCUT2D eigenvalue weighted by Gasteiger charge is -2.17. The largest absolute Gasteiger partial charge is 0.304 e. The zero-order valence-electron chi connectivity index (χ0n) is 8.98. The van der Waals surface area contributed by atoms with E-state index in [1.165, 1.54) is 12.8 Å². The van der Waals surface area contributed by atoms with Crippen LogP contribution < -0.4 is 10.6 Å². The van der Waals surface area contributed by atoms with Gasteiger partial charge in [0, 0.05) is 12.7 Å². The molecular formula is C10H24N2. The second kappa shape index (κ2) is 7.56. The van der Waals surface area contributed by atoms with Crippen molar-refractivity contribution in [2.75, 3.05) is 13.2 Å². The molecule has 1 unspecified atom stereocenters. The van der Waals surface area contributed by atoms with Gasteiger partial charge in [-0.1, -0.05) is 27.2 Å². The van der Waals surface area contributed by atoms with Crippen LogP contribution in [-0.2, 0) is 0 Å². The van der Waals surface area contributed by atoms with E-state index >= 15 is 0 Å². The summed E-state index contributed by atoms with van der Waals surface area (Å²) in [5, 5.41) is 6.79. The maximum absolute atomic E-state index is 3.43. The Morgan fingerprint density at radius 2 is 1.83 bits per heavy atom. The molecule has 0 bridgehead atoms. The van der Waals surface area contributed by atoms with Crippen molar-refractivity contribution >= 4 is 0 Å². The molecule has 1 atom stereocenters. The molecule has 0 spiro atoms. The first-order chi connectivity index (χ1) is 5.68. The van der Waals surface area contributed by atoms with Crippen LogP contribution in [0, 0.1) is 5.92 Å². The van der Waals surface area contributed by atoms with Crippen molar-refractivity contribution in [3.8, 4) is 0 Å². The first-order valence-electron chi connectivity index (χ1n) is 5.12. The van der Waals surface area contributed by atoms with Crippen molar-refractivity contribution in [3.63, 3.8) is 0 Å². The Bertz CT molecular complexity index is 91.8. The minimum Gasteiger partial charge on any atom is -0.304 e. The average Bonchev–Trinajstić information content (AvgIpc) is 2.03. The number of rotatable bonds is 7. The van der Waals surface area contributed by atoms with Gasteiger partial charge in [0.15, 0.2) is 0 Å². The van der Waals surface area contributed by atoms with Gasteiger partial charge in [0.1, 0.15) is 0 Å². The molecule has 0 aliphatic carbocycles. The lowest BCUT2D eigenvalue weighted by molar-refractivity contribution is 0.408. The van der Waals surface area contributed by atoms with Gasteiger partial charge in [0.25, 0.3) is 0 Å². The SMILES string of the molecule is CCCCNCNC(C)C(C)C. The topological polar surface area (TPSA) is 24.1 Å². The van der Waals surface area contributed by atoms with Crippen LogP contribution in [0.4, 0.5) is 0 Å². The van der Waals surface area contributed by atoms with Gasteiger partial charge in [-0.3, -0.25) is 0 Å². The van der Waals surface area contributed by atoms with E-state index in [4.69, 9.17) is 0 Å². The molecule has 0 aromatic carbocycles. The van der Waals surface area contributed by atoms with Gasteiger partial charge in [0.2, 0.25) is 0 Å². The summed E-state index contributed by atoms with van der Waals surface area (Å²) in [6, 6.07) is 0.610.